The Labute approximate surface area is 108 Å². The van der Waals surface area contributed by atoms with E-state index in [1.165, 1.54) is 0 Å². The largest absolute Gasteiger partial charge is 0.444 e. The number of likely N-dealkylation sites (tertiary alicyclic amines) is 2. The molecule has 1 unspecified atom stereocenters. The summed E-state index contributed by atoms with van der Waals surface area (Å²) in [6.07, 6.45) is 2.93. The molecule has 2 heterocycles. The Morgan fingerprint density at radius 1 is 1.28 bits per heavy atom. The molecule has 2 fully saturated rings. The third-order valence-electron chi connectivity index (χ3n) is 3.32. The van der Waals surface area contributed by atoms with Gasteiger partial charge in [0, 0.05) is 19.5 Å². The maximum absolute atomic E-state index is 12.1. The number of ether oxygens (including phenoxy) is 1. The molecule has 5 nitrogen and oxygen atoms in total. The molecule has 0 spiro atoms. The Kier molecular flexibility index (Phi) is 3.50. The van der Waals surface area contributed by atoms with Crippen molar-refractivity contribution in [2.45, 2.75) is 58.2 Å². The third-order valence-corrected chi connectivity index (χ3v) is 3.32. The highest BCUT2D eigenvalue weighted by Gasteiger charge is 2.39. The second-order valence-electron chi connectivity index (χ2n) is 5.99. The van der Waals surface area contributed by atoms with Crippen molar-refractivity contribution in [2.75, 3.05) is 13.1 Å². The molecular weight excluding hydrogens is 232 g/mol. The van der Waals surface area contributed by atoms with Crippen molar-refractivity contribution in [1.82, 2.24) is 9.80 Å². The number of carbonyl (C=O) groups excluding carboxylic acids is 2. The third kappa shape index (κ3) is 2.76. The van der Waals surface area contributed by atoms with Gasteiger partial charge in [0.05, 0.1) is 0 Å². The van der Waals surface area contributed by atoms with E-state index in [2.05, 4.69) is 0 Å². The van der Waals surface area contributed by atoms with Crippen molar-refractivity contribution in [3.8, 4) is 0 Å². The van der Waals surface area contributed by atoms with Crippen LogP contribution in [0.5, 0.6) is 0 Å². The van der Waals surface area contributed by atoms with Crippen LogP contribution < -0.4 is 0 Å². The van der Waals surface area contributed by atoms with E-state index >= 15 is 0 Å². The fourth-order valence-electron chi connectivity index (χ4n) is 2.59. The summed E-state index contributed by atoms with van der Waals surface area (Å²) in [5.74, 6) is 0.162. The highest BCUT2D eigenvalue weighted by atomic mass is 16.6. The number of hydrogen-bond donors (Lipinski definition) is 0. The summed E-state index contributed by atoms with van der Waals surface area (Å²) < 4.78 is 5.40. The number of amides is 2. The lowest BCUT2D eigenvalue weighted by Gasteiger charge is -2.33. The predicted molar refractivity (Wildman–Crippen MR) is 66.9 cm³/mol. The maximum atomic E-state index is 12.1. The van der Waals surface area contributed by atoms with Gasteiger partial charge in [0.1, 0.15) is 11.8 Å². The van der Waals surface area contributed by atoms with E-state index in [-0.39, 0.29) is 18.2 Å². The molecule has 0 N–H and O–H groups in total. The smallest absolute Gasteiger partial charge is 0.411 e. The molecule has 0 saturated carbocycles. The van der Waals surface area contributed by atoms with Gasteiger partial charge >= 0.3 is 6.09 Å². The molecule has 102 valence electrons. The zero-order valence-electron chi connectivity index (χ0n) is 11.4. The quantitative estimate of drug-likeness (QED) is 0.718. The summed E-state index contributed by atoms with van der Waals surface area (Å²) in [4.78, 5) is 27.4. The molecule has 2 rings (SSSR count). The number of rotatable bonds is 1. The van der Waals surface area contributed by atoms with Crippen LogP contribution in [0.25, 0.3) is 0 Å². The highest BCUT2D eigenvalue weighted by Crippen LogP contribution is 2.26. The summed E-state index contributed by atoms with van der Waals surface area (Å²) in [5, 5.41) is 0. The Balaban J connectivity index is 2.03. The molecule has 0 aromatic heterocycles. The van der Waals surface area contributed by atoms with Crippen LogP contribution in [0.4, 0.5) is 4.79 Å². The minimum absolute atomic E-state index is 0.0881. The van der Waals surface area contributed by atoms with Gasteiger partial charge in [-0.3, -0.25) is 9.69 Å². The van der Waals surface area contributed by atoms with Crippen LogP contribution in [0.1, 0.15) is 46.5 Å². The second kappa shape index (κ2) is 4.78. The maximum Gasteiger partial charge on any atom is 0.411 e. The molecular formula is C13H22N2O3. The lowest BCUT2D eigenvalue weighted by Crippen LogP contribution is -2.49. The summed E-state index contributed by atoms with van der Waals surface area (Å²) in [6, 6.07) is 0. The van der Waals surface area contributed by atoms with Gasteiger partial charge < -0.3 is 9.64 Å². The Morgan fingerprint density at radius 2 is 2.00 bits per heavy atom. The first kappa shape index (κ1) is 13.2. The first-order valence-corrected chi connectivity index (χ1v) is 6.67. The number of hydrogen-bond acceptors (Lipinski definition) is 3. The molecule has 0 aromatic rings. The normalized spacial score (nSPS) is 24.8. The van der Waals surface area contributed by atoms with Crippen molar-refractivity contribution in [3.05, 3.63) is 0 Å². The molecule has 5 heteroatoms. The predicted octanol–water partition coefficient (Wildman–Crippen LogP) is 1.97. The van der Waals surface area contributed by atoms with Crippen molar-refractivity contribution < 1.29 is 14.3 Å². The molecule has 1 atom stereocenters. The summed E-state index contributed by atoms with van der Waals surface area (Å²) in [7, 11) is 0. The van der Waals surface area contributed by atoms with Gasteiger partial charge in [0.25, 0.3) is 0 Å². The van der Waals surface area contributed by atoms with E-state index in [9.17, 15) is 9.59 Å². The summed E-state index contributed by atoms with van der Waals surface area (Å²) in [5.41, 5.74) is -0.487. The van der Waals surface area contributed by atoms with Gasteiger partial charge in [-0.25, -0.2) is 4.79 Å². The SMILES string of the molecule is CC(C)(C)OC(=O)N1CCCC1N1CCCC1=O. The van der Waals surface area contributed by atoms with Gasteiger partial charge in [-0.15, -0.1) is 0 Å². The lowest BCUT2D eigenvalue weighted by molar-refractivity contribution is -0.132. The van der Waals surface area contributed by atoms with E-state index in [1.807, 2.05) is 25.7 Å². The first-order valence-electron chi connectivity index (χ1n) is 6.67. The molecule has 2 aliphatic rings. The van der Waals surface area contributed by atoms with Crippen molar-refractivity contribution in [1.29, 1.82) is 0 Å². The number of nitrogens with zero attached hydrogens (tertiary/aromatic N) is 2. The van der Waals surface area contributed by atoms with Crippen LogP contribution in [0.15, 0.2) is 0 Å². The Hall–Kier alpha value is -1.26. The average molecular weight is 254 g/mol. The standard InChI is InChI=1S/C13H22N2O3/c1-13(2,3)18-12(17)15-9-4-6-10(15)14-8-5-7-11(14)16/h10H,4-9H2,1-3H3. The van der Waals surface area contributed by atoms with Crippen LogP contribution in [0.2, 0.25) is 0 Å². The van der Waals surface area contributed by atoms with Gasteiger partial charge in [0.2, 0.25) is 5.91 Å². The van der Waals surface area contributed by atoms with Crippen LogP contribution >= 0.6 is 0 Å². The molecule has 2 amide bonds. The molecule has 2 aliphatic heterocycles. The van der Waals surface area contributed by atoms with Crippen molar-refractivity contribution in [2.24, 2.45) is 0 Å². The molecule has 2 saturated heterocycles. The highest BCUT2D eigenvalue weighted by molar-refractivity contribution is 5.79. The first-order chi connectivity index (χ1) is 8.38. The minimum atomic E-state index is -0.487. The molecule has 0 aromatic carbocycles. The van der Waals surface area contributed by atoms with Crippen molar-refractivity contribution in [3.63, 3.8) is 0 Å². The zero-order chi connectivity index (χ0) is 13.3. The van der Waals surface area contributed by atoms with Crippen LogP contribution in [0, 0.1) is 0 Å². The van der Waals surface area contributed by atoms with Gasteiger partial charge in [-0.2, -0.15) is 0 Å². The van der Waals surface area contributed by atoms with E-state index < -0.39 is 5.60 Å². The van der Waals surface area contributed by atoms with E-state index in [0.717, 1.165) is 25.8 Å². The summed E-state index contributed by atoms with van der Waals surface area (Å²) >= 11 is 0. The summed E-state index contributed by atoms with van der Waals surface area (Å²) in [6.45, 7) is 7.02. The van der Waals surface area contributed by atoms with E-state index in [1.54, 1.807) is 4.90 Å². The zero-order valence-corrected chi connectivity index (χ0v) is 11.4. The fourth-order valence-corrected chi connectivity index (χ4v) is 2.59. The van der Waals surface area contributed by atoms with Crippen LogP contribution in [0.3, 0.4) is 0 Å². The van der Waals surface area contributed by atoms with Gasteiger partial charge in [-0.1, -0.05) is 0 Å². The molecule has 0 aliphatic carbocycles. The van der Waals surface area contributed by atoms with Crippen LogP contribution in [-0.2, 0) is 9.53 Å². The second-order valence-corrected chi connectivity index (χ2v) is 5.99. The topological polar surface area (TPSA) is 49.9 Å². The monoisotopic (exact) mass is 254 g/mol. The lowest BCUT2D eigenvalue weighted by atomic mass is 10.2. The molecule has 0 bridgehead atoms. The minimum Gasteiger partial charge on any atom is -0.444 e. The Morgan fingerprint density at radius 3 is 2.56 bits per heavy atom. The van der Waals surface area contributed by atoms with Gasteiger partial charge in [0.15, 0.2) is 0 Å². The number of carbonyl (C=O) groups is 2. The fraction of sp³-hybridized carbons (Fsp3) is 0.846. The van der Waals surface area contributed by atoms with E-state index in [4.69, 9.17) is 4.74 Å². The van der Waals surface area contributed by atoms with Crippen LogP contribution in [-0.4, -0.2) is 46.7 Å². The average Bonchev–Trinajstić information content (AvgIpc) is 2.82. The Bertz CT molecular complexity index is 349. The van der Waals surface area contributed by atoms with Crippen molar-refractivity contribution >= 4 is 12.0 Å². The molecule has 18 heavy (non-hydrogen) atoms. The van der Waals surface area contributed by atoms with E-state index in [0.29, 0.717) is 13.0 Å². The van der Waals surface area contributed by atoms with Gasteiger partial charge in [-0.05, 0) is 40.0 Å². The molecule has 0 radical (unpaired) electrons.